The number of hydrogen-bond acceptors (Lipinski definition) is 5. The molecule has 22 heavy (non-hydrogen) atoms. The first-order chi connectivity index (χ1) is 10.4. The van der Waals surface area contributed by atoms with Crippen LogP contribution in [0.5, 0.6) is 0 Å². The fourth-order valence-corrected chi connectivity index (χ4v) is 3.22. The number of fused-ring (bicyclic) bond motifs is 1. The number of likely N-dealkylation sites (tertiary alicyclic amines) is 1. The minimum absolute atomic E-state index is 0.0309. The van der Waals surface area contributed by atoms with Crippen molar-refractivity contribution in [3.8, 4) is 0 Å². The summed E-state index contributed by atoms with van der Waals surface area (Å²) in [4.78, 5) is 14.3. The Bertz CT molecular complexity index is 563. The molecule has 1 aromatic rings. The Labute approximate surface area is 131 Å². The van der Waals surface area contributed by atoms with Crippen LogP contribution in [-0.4, -0.2) is 44.4 Å². The van der Waals surface area contributed by atoms with Gasteiger partial charge < -0.3 is 14.6 Å². The Morgan fingerprint density at radius 1 is 1.36 bits per heavy atom. The summed E-state index contributed by atoms with van der Waals surface area (Å²) in [5.74, 6) is 1.84. The molecule has 7 heteroatoms. The molecule has 1 fully saturated rings. The van der Waals surface area contributed by atoms with Crippen LogP contribution in [-0.2, 0) is 11.3 Å². The van der Waals surface area contributed by atoms with Crippen LogP contribution in [0.25, 0.3) is 0 Å². The summed E-state index contributed by atoms with van der Waals surface area (Å²) in [5.41, 5.74) is -0.480. The second-order valence-corrected chi connectivity index (χ2v) is 7.16. The smallest absolute Gasteiger partial charge is 0.410 e. The van der Waals surface area contributed by atoms with Crippen molar-refractivity contribution < 1.29 is 9.53 Å². The molecule has 7 nitrogen and oxygen atoms in total. The van der Waals surface area contributed by atoms with E-state index in [-0.39, 0.29) is 12.1 Å². The van der Waals surface area contributed by atoms with E-state index in [0.29, 0.717) is 12.6 Å². The van der Waals surface area contributed by atoms with Crippen LogP contribution in [0.15, 0.2) is 0 Å². The Kier molecular flexibility index (Phi) is 3.84. The molecule has 122 valence electrons. The maximum atomic E-state index is 12.5. The van der Waals surface area contributed by atoms with Gasteiger partial charge in [-0.1, -0.05) is 0 Å². The largest absolute Gasteiger partial charge is 0.444 e. The van der Waals surface area contributed by atoms with Gasteiger partial charge in [0.15, 0.2) is 5.82 Å². The average molecular weight is 307 g/mol. The highest BCUT2D eigenvalue weighted by atomic mass is 16.6. The molecule has 1 saturated heterocycles. The van der Waals surface area contributed by atoms with Gasteiger partial charge in [0.1, 0.15) is 11.4 Å². The minimum Gasteiger partial charge on any atom is -0.444 e. The van der Waals surface area contributed by atoms with Crippen molar-refractivity contribution in [1.29, 1.82) is 0 Å². The van der Waals surface area contributed by atoms with E-state index in [4.69, 9.17) is 4.74 Å². The third kappa shape index (κ3) is 2.82. The molecule has 1 amide bonds. The van der Waals surface area contributed by atoms with Gasteiger partial charge in [0.05, 0.1) is 12.6 Å². The summed E-state index contributed by atoms with van der Waals surface area (Å²) in [5, 5.41) is 12.0. The maximum Gasteiger partial charge on any atom is 0.410 e. The summed E-state index contributed by atoms with van der Waals surface area (Å²) < 4.78 is 7.72. The third-order valence-electron chi connectivity index (χ3n) is 4.14. The number of aromatic nitrogens is 3. The molecule has 3 rings (SSSR count). The number of hydrogen-bond donors (Lipinski definition) is 1. The number of carbonyl (C=O) groups is 1. The fourth-order valence-electron chi connectivity index (χ4n) is 3.22. The molecule has 0 aliphatic carbocycles. The van der Waals surface area contributed by atoms with Crippen molar-refractivity contribution >= 4 is 6.09 Å². The SMILES string of the molecule is CC1CNCc2nnc(C3CCCN3C(=O)OC(C)(C)C)n21. The van der Waals surface area contributed by atoms with Gasteiger partial charge in [0.2, 0.25) is 0 Å². The summed E-state index contributed by atoms with van der Waals surface area (Å²) in [7, 11) is 0. The first-order valence-corrected chi connectivity index (χ1v) is 8.01. The molecule has 1 N–H and O–H groups in total. The van der Waals surface area contributed by atoms with Crippen LogP contribution in [0.1, 0.15) is 64.3 Å². The number of rotatable bonds is 1. The molecule has 0 radical (unpaired) electrons. The standard InChI is InChI=1S/C15H25N5O2/c1-10-8-16-9-12-17-18-13(20(10)12)11-6-5-7-19(11)14(21)22-15(2,3)4/h10-11,16H,5-9H2,1-4H3. The fraction of sp³-hybridized carbons (Fsp3) is 0.800. The lowest BCUT2D eigenvalue weighted by Gasteiger charge is -2.30. The number of carbonyl (C=O) groups excluding carboxylic acids is 1. The summed E-state index contributed by atoms with van der Waals surface area (Å²) in [6, 6.07) is 0.270. The van der Waals surface area contributed by atoms with Crippen molar-refractivity contribution in [2.24, 2.45) is 0 Å². The predicted molar refractivity (Wildman–Crippen MR) is 81.4 cm³/mol. The number of nitrogens with zero attached hydrogens (tertiary/aromatic N) is 4. The second kappa shape index (κ2) is 5.53. The molecule has 0 saturated carbocycles. The van der Waals surface area contributed by atoms with Crippen LogP contribution in [0.4, 0.5) is 4.79 Å². The van der Waals surface area contributed by atoms with Crippen LogP contribution < -0.4 is 5.32 Å². The zero-order chi connectivity index (χ0) is 15.9. The van der Waals surface area contributed by atoms with E-state index < -0.39 is 5.60 Å². The second-order valence-electron chi connectivity index (χ2n) is 7.16. The Morgan fingerprint density at radius 3 is 2.86 bits per heavy atom. The van der Waals surface area contributed by atoms with E-state index in [1.165, 1.54) is 0 Å². The Balaban J connectivity index is 1.85. The quantitative estimate of drug-likeness (QED) is 0.859. The lowest BCUT2D eigenvalue weighted by molar-refractivity contribution is 0.0214. The van der Waals surface area contributed by atoms with E-state index in [2.05, 4.69) is 27.0 Å². The normalized spacial score (nSPS) is 25.2. The van der Waals surface area contributed by atoms with Crippen LogP contribution >= 0.6 is 0 Å². The van der Waals surface area contributed by atoms with E-state index in [1.807, 2.05) is 20.8 Å². The van der Waals surface area contributed by atoms with Crippen molar-refractivity contribution in [2.75, 3.05) is 13.1 Å². The molecule has 0 bridgehead atoms. The van der Waals surface area contributed by atoms with Gasteiger partial charge in [0, 0.05) is 19.1 Å². The first kappa shape index (κ1) is 15.3. The van der Waals surface area contributed by atoms with Gasteiger partial charge in [-0.25, -0.2) is 4.79 Å². The van der Waals surface area contributed by atoms with Crippen molar-refractivity contribution in [3.05, 3.63) is 11.6 Å². The molecule has 2 aliphatic heterocycles. The molecular weight excluding hydrogens is 282 g/mol. The third-order valence-corrected chi connectivity index (χ3v) is 4.14. The highest BCUT2D eigenvalue weighted by molar-refractivity contribution is 5.69. The molecule has 1 aromatic heterocycles. The van der Waals surface area contributed by atoms with Gasteiger partial charge in [-0.2, -0.15) is 0 Å². The maximum absolute atomic E-state index is 12.5. The predicted octanol–water partition coefficient (Wildman–Crippen LogP) is 2.01. The van der Waals surface area contributed by atoms with Crippen LogP contribution in [0.2, 0.25) is 0 Å². The van der Waals surface area contributed by atoms with Crippen LogP contribution in [0, 0.1) is 0 Å². The zero-order valence-corrected chi connectivity index (χ0v) is 13.8. The van der Waals surface area contributed by atoms with Gasteiger partial charge in [-0.3, -0.25) is 4.90 Å². The monoisotopic (exact) mass is 307 g/mol. The first-order valence-electron chi connectivity index (χ1n) is 8.01. The van der Waals surface area contributed by atoms with Crippen molar-refractivity contribution in [1.82, 2.24) is 25.0 Å². The Morgan fingerprint density at radius 2 is 2.14 bits per heavy atom. The topological polar surface area (TPSA) is 72.3 Å². The van der Waals surface area contributed by atoms with Crippen molar-refractivity contribution in [3.63, 3.8) is 0 Å². The summed E-state index contributed by atoms with van der Waals surface area (Å²) in [6.07, 6.45) is 1.63. The number of amides is 1. The summed E-state index contributed by atoms with van der Waals surface area (Å²) >= 11 is 0. The highest BCUT2D eigenvalue weighted by Gasteiger charge is 2.37. The van der Waals surface area contributed by atoms with Gasteiger partial charge in [-0.15, -0.1) is 10.2 Å². The van der Waals surface area contributed by atoms with Crippen molar-refractivity contribution in [2.45, 2.75) is 64.8 Å². The number of ether oxygens (including phenoxy) is 1. The lowest BCUT2D eigenvalue weighted by atomic mass is 10.1. The van der Waals surface area contributed by atoms with Gasteiger partial charge in [0.25, 0.3) is 0 Å². The summed E-state index contributed by atoms with van der Waals surface area (Å²) in [6.45, 7) is 10.2. The zero-order valence-electron chi connectivity index (χ0n) is 13.8. The molecule has 2 unspecified atom stereocenters. The molecule has 0 aromatic carbocycles. The van der Waals surface area contributed by atoms with Crippen LogP contribution in [0.3, 0.4) is 0 Å². The highest BCUT2D eigenvalue weighted by Crippen LogP contribution is 2.34. The van der Waals surface area contributed by atoms with Gasteiger partial charge in [-0.05, 0) is 40.5 Å². The van der Waals surface area contributed by atoms with E-state index in [0.717, 1.165) is 37.6 Å². The average Bonchev–Trinajstić information content (AvgIpc) is 3.02. The lowest BCUT2D eigenvalue weighted by Crippen LogP contribution is -2.38. The molecular formula is C15H25N5O2. The molecule has 3 heterocycles. The molecule has 2 aliphatic rings. The number of nitrogens with one attached hydrogen (secondary N) is 1. The molecule has 2 atom stereocenters. The Hall–Kier alpha value is -1.63. The minimum atomic E-state index is -0.480. The van der Waals surface area contributed by atoms with E-state index in [9.17, 15) is 4.79 Å². The van der Waals surface area contributed by atoms with Gasteiger partial charge >= 0.3 is 6.09 Å². The van der Waals surface area contributed by atoms with E-state index in [1.54, 1.807) is 4.90 Å². The molecule has 0 spiro atoms. The van der Waals surface area contributed by atoms with E-state index >= 15 is 0 Å².